The van der Waals surface area contributed by atoms with Crippen molar-refractivity contribution in [2.75, 3.05) is 58.9 Å². The molecule has 0 bridgehead atoms. The van der Waals surface area contributed by atoms with Crippen LogP contribution in [0.5, 0.6) is 0 Å². The summed E-state index contributed by atoms with van der Waals surface area (Å²) in [5.41, 5.74) is 37.1. The highest BCUT2D eigenvalue weighted by Crippen LogP contribution is 2.25. The Hall–Kier alpha value is -9.75. The fourth-order valence-electron chi connectivity index (χ4n) is 16.3. The highest BCUT2D eigenvalue weighted by molar-refractivity contribution is 6.01. The van der Waals surface area contributed by atoms with Gasteiger partial charge in [-0.25, -0.2) is 0 Å². The number of hydrogen-bond donors (Lipinski definition) is 19. The third-order valence-corrected chi connectivity index (χ3v) is 23.7. The fourth-order valence-corrected chi connectivity index (χ4v) is 16.3. The monoisotopic (exact) mass is 1790 g/mol. The minimum atomic E-state index is -1.66. The van der Waals surface area contributed by atoms with Gasteiger partial charge in [-0.1, -0.05) is 142 Å². The zero-order chi connectivity index (χ0) is 94.2. The Balaban J connectivity index is 1.66. The zero-order valence-corrected chi connectivity index (χ0v) is 77.2. The molecule has 0 radical (unpaired) electrons. The molecule has 3 heterocycles. The maximum absolute atomic E-state index is 15.7. The summed E-state index contributed by atoms with van der Waals surface area (Å²) in [6, 6.07) is -0.907. The number of rotatable bonds is 46. The molecule has 2 aromatic carbocycles. The number of nitrogens with one attached hydrogen (secondary N) is 13. The Labute approximate surface area is 757 Å². The smallest absolute Gasteiger partial charge is 0.246 e. The fraction of sp³-hybridized carbons (Fsp3) is 0.707. The summed E-state index contributed by atoms with van der Waals surface area (Å²) in [4.78, 5) is 227. The lowest BCUT2D eigenvalue weighted by Crippen LogP contribution is -2.62. The van der Waals surface area contributed by atoms with Crippen molar-refractivity contribution in [2.45, 2.75) is 333 Å². The van der Waals surface area contributed by atoms with Crippen molar-refractivity contribution < 1.29 is 71.9 Å². The lowest BCUT2D eigenvalue weighted by atomic mass is 9.98. The van der Waals surface area contributed by atoms with Crippen LogP contribution in [0.3, 0.4) is 0 Å². The second-order valence-electron chi connectivity index (χ2n) is 35.8. The topological polar surface area (TPSA) is 575 Å². The summed E-state index contributed by atoms with van der Waals surface area (Å²) in [5, 5.41) is 37.2. The molecule has 36 heteroatoms. The number of nitrogens with zero attached hydrogens (tertiary/aromatic N) is 2. The first-order valence-corrected chi connectivity index (χ1v) is 47.1. The zero-order valence-electron chi connectivity index (χ0n) is 77.2. The lowest BCUT2D eigenvalue weighted by Gasteiger charge is -2.33. The summed E-state index contributed by atoms with van der Waals surface area (Å²) in [7, 11) is 0. The molecule has 2 aromatic rings. The van der Waals surface area contributed by atoms with Gasteiger partial charge in [-0.05, 0) is 216 Å². The predicted octanol–water partition coefficient (Wildman–Crippen LogP) is 1.14. The molecule has 128 heavy (non-hydrogen) atoms. The van der Waals surface area contributed by atoms with Crippen molar-refractivity contribution in [3.05, 3.63) is 71.8 Å². The van der Waals surface area contributed by atoms with E-state index in [0.29, 0.717) is 81.9 Å². The van der Waals surface area contributed by atoms with Gasteiger partial charge in [0.1, 0.15) is 84.6 Å². The van der Waals surface area contributed by atoms with E-state index < -0.39 is 179 Å². The highest BCUT2D eigenvalue weighted by atomic mass is 16.2. The number of fused-ring (bicyclic) bond motifs is 2. The molecule has 15 atom stereocenters. The second kappa shape index (κ2) is 59.5. The summed E-state index contributed by atoms with van der Waals surface area (Å²) in [6.45, 7) is 15.2. The van der Waals surface area contributed by atoms with E-state index >= 15 is 33.6 Å². The SMILES string of the molecule is CCCCCCCC(=O)N[C@@H](CCCCN)C(=O)N[C@@H](CCCCN)C(=O)N[C@@H](CCCCN)C(=O)NCC(C)[C@@H]1NC(=O)[C@@H]2CCCN2C(=O)[C@@H](Cc2ccccc2)NC(=O)[C@H](CC(C)C)NC(=O)[C@H](CCCN)NC(=O)[C@H](C(C)C)NC(=O)[C@@H](CCCCN)NC(=O)[C@@H]2CCCN2C(=O)[C@@H](Cc2ccccc2)NC(=O)[C@H](CC(C)C)NC(=O)[C@H](CCCN)NC1=O. The number of carbonyl (C=O) groups is 15. The van der Waals surface area contributed by atoms with E-state index in [1.165, 1.54) is 9.80 Å². The van der Waals surface area contributed by atoms with Gasteiger partial charge in [-0.3, -0.25) is 71.9 Å². The maximum atomic E-state index is 15.7. The van der Waals surface area contributed by atoms with Gasteiger partial charge >= 0.3 is 0 Å². The molecule has 3 aliphatic heterocycles. The molecule has 3 aliphatic rings. The Morgan fingerprint density at radius 1 is 0.375 bits per heavy atom. The van der Waals surface area contributed by atoms with Crippen molar-refractivity contribution in [3.63, 3.8) is 0 Å². The second-order valence-corrected chi connectivity index (χ2v) is 35.8. The first-order chi connectivity index (χ1) is 61.3. The molecule has 718 valence electrons. The van der Waals surface area contributed by atoms with Crippen LogP contribution in [0.4, 0.5) is 0 Å². The van der Waals surface area contributed by atoms with Gasteiger partial charge in [-0.15, -0.1) is 0 Å². The van der Waals surface area contributed by atoms with Crippen LogP contribution >= 0.6 is 0 Å². The molecular formula is C92H155N21O15. The van der Waals surface area contributed by atoms with Crippen molar-refractivity contribution in [1.29, 1.82) is 0 Å². The molecule has 36 nitrogen and oxygen atoms in total. The number of unbranched alkanes of at least 4 members (excludes halogenated alkanes) is 8. The van der Waals surface area contributed by atoms with Crippen LogP contribution in [-0.2, 0) is 84.8 Å². The van der Waals surface area contributed by atoms with Crippen LogP contribution in [0.15, 0.2) is 60.7 Å². The first-order valence-electron chi connectivity index (χ1n) is 47.1. The van der Waals surface area contributed by atoms with E-state index in [4.69, 9.17) is 34.4 Å². The largest absolute Gasteiger partial charge is 0.354 e. The number of nitrogens with two attached hydrogens (primary N) is 6. The van der Waals surface area contributed by atoms with Gasteiger partial charge < -0.3 is 113 Å². The molecular weight excluding hydrogens is 1640 g/mol. The average molecular weight is 1800 g/mol. The van der Waals surface area contributed by atoms with Crippen LogP contribution in [0.2, 0.25) is 0 Å². The van der Waals surface area contributed by atoms with E-state index in [2.05, 4.69) is 76.0 Å². The molecule has 5 rings (SSSR count). The molecule has 0 aromatic heterocycles. The lowest BCUT2D eigenvalue weighted by molar-refractivity contribution is -0.143. The number of carbonyl (C=O) groups excluding carboxylic acids is 15. The van der Waals surface area contributed by atoms with E-state index in [1.807, 2.05) is 27.7 Å². The van der Waals surface area contributed by atoms with Crippen LogP contribution < -0.4 is 104 Å². The Bertz CT molecular complexity index is 3810. The van der Waals surface area contributed by atoms with Crippen LogP contribution in [0, 0.1) is 23.7 Å². The van der Waals surface area contributed by atoms with Crippen LogP contribution in [0.25, 0.3) is 0 Å². The number of amides is 15. The van der Waals surface area contributed by atoms with Crippen LogP contribution in [-0.4, -0.2) is 242 Å². The molecule has 15 amide bonds. The van der Waals surface area contributed by atoms with E-state index in [9.17, 15) is 38.4 Å². The van der Waals surface area contributed by atoms with Gasteiger partial charge in [0, 0.05) is 44.8 Å². The van der Waals surface area contributed by atoms with E-state index in [1.54, 1.807) is 81.4 Å². The van der Waals surface area contributed by atoms with Crippen LogP contribution in [0.1, 0.15) is 246 Å². The van der Waals surface area contributed by atoms with E-state index in [-0.39, 0.29) is 173 Å². The molecule has 0 saturated carbocycles. The Morgan fingerprint density at radius 3 is 1.15 bits per heavy atom. The molecule has 1 unspecified atom stereocenters. The molecule has 3 fully saturated rings. The molecule has 0 aliphatic carbocycles. The standard InChI is InChI=1S/C92H155N21O15/c1-9-10-11-12-19-44-76(114)100-65(37-21-25-46-94)80(116)102-66(38-22-26-47-95)81(117)101-64(36-20-24-45-93)79(115)99-57-61(8)78-90(126)105-69(41-29-50-98)83(119)107-71(54-59(4)5)86(122)108-72(55-62-32-15-13-16-33-62)91(127)112-51-30-42-74(112)87(123)103-67(39-23-27-48-96)84(120)110-77(60(6)7)89(125)104-68(40-28-49-97)82(118)106-70(53-58(2)3)85(121)109-73(56-63-34-17-14-18-35-63)92(128)113-52-31-43-75(113)88(124)111-78/h13-18,32-35,58-61,64-75,77-78H,9-12,19-31,36-57,93-98H2,1-8H3,(H,99,115)(H,100,114)(H,101,117)(H,102,116)(H,103,123)(H,104,125)(H,105,126)(H,106,118)(H,107,119)(H,108,122)(H,109,121)(H,110,120)(H,111,124)/t61?,64-,65-,66-,67+,68-,69-,70-,71-,72+,73+,74-,75-,77-,78-/m0/s1. The molecule has 3 saturated heterocycles. The van der Waals surface area contributed by atoms with Crippen molar-refractivity contribution in [3.8, 4) is 0 Å². The van der Waals surface area contributed by atoms with Gasteiger partial charge in [0.05, 0.1) is 0 Å². The van der Waals surface area contributed by atoms with Gasteiger partial charge in [0.15, 0.2) is 0 Å². The molecule has 0 spiro atoms. The van der Waals surface area contributed by atoms with Crippen molar-refractivity contribution in [1.82, 2.24) is 78.9 Å². The number of hydrogen-bond acceptors (Lipinski definition) is 21. The minimum absolute atomic E-state index is 0.000285. The minimum Gasteiger partial charge on any atom is -0.354 e. The summed E-state index contributed by atoms with van der Waals surface area (Å²) in [6.07, 6.45) is 9.63. The summed E-state index contributed by atoms with van der Waals surface area (Å²) >= 11 is 0. The summed E-state index contributed by atoms with van der Waals surface area (Å²) < 4.78 is 0. The van der Waals surface area contributed by atoms with Crippen molar-refractivity contribution >= 4 is 88.6 Å². The predicted molar refractivity (Wildman–Crippen MR) is 490 cm³/mol. The van der Waals surface area contributed by atoms with Gasteiger partial charge in [0.25, 0.3) is 0 Å². The summed E-state index contributed by atoms with van der Waals surface area (Å²) in [5.74, 6) is -13.2. The molecule has 25 N–H and O–H groups in total. The van der Waals surface area contributed by atoms with Gasteiger partial charge in [-0.2, -0.15) is 0 Å². The average Bonchev–Trinajstić information content (AvgIpc) is 1.65. The Morgan fingerprint density at radius 2 is 0.727 bits per heavy atom. The maximum Gasteiger partial charge on any atom is 0.246 e. The van der Waals surface area contributed by atoms with Crippen molar-refractivity contribution in [2.24, 2.45) is 58.1 Å². The van der Waals surface area contributed by atoms with E-state index in [0.717, 1.165) is 25.7 Å². The quantitative estimate of drug-likeness (QED) is 0.0413. The normalized spacial score (nSPS) is 22.9. The third-order valence-electron chi connectivity index (χ3n) is 23.7. The van der Waals surface area contributed by atoms with Gasteiger partial charge in [0.2, 0.25) is 88.6 Å². The number of benzene rings is 2. The first kappa shape index (κ1) is 109. The Kier molecular flexibility index (Phi) is 50.5. The third kappa shape index (κ3) is 37.7. The highest BCUT2D eigenvalue weighted by Gasteiger charge is 2.45.